The number of aryl methyl sites for hydroxylation is 1. The van der Waals surface area contributed by atoms with E-state index in [-0.39, 0.29) is 23.4 Å². The molecule has 0 saturated carbocycles. The van der Waals surface area contributed by atoms with Gasteiger partial charge >= 0.3 is 0 Å². The molecule has 2 heterocycles. The van der Waals surface area contributed by atoms with Gasteiger partial charge in [-0.15, -0.1) is 11.3 Å². The average Bonchev–Trinajstić information content (AvgIpc) is 3.31. The van der Waals surface area contributed by atoms with Crippen LogP contribution in [0.4, 0.5) is 0 Å². The van der Waals surface area contributed by atoms with E-state index in [0.717, 1.165) is 29.5 Å². The lowest BCUT2D eigenvalue weighted by Gasteiger charge is -2.37. The zero-order valence-electron chi connectivity index (χ0n) is 19.4. The summed E-state index contributed by atoms with van der Waals surface area (Å²) in [6.45, 7) is 4.71. The third-order valence-corrected chi connectivity index (χ3v) is 9.31. The lowest BCUT2D eigenvalue weighted by atomic mass is 9.92. The van der Waals surface area contributed by atoms with Gasteiger partial charge in [0.25, 0.3) is 0 Å². The number of amides is 1. The summed E-state index contributed by atoms with van der Waals surface area (Å²) in [5, 5.41) is 2.54. The van der Waals surface area contributed by atoms with Crippen molar-refractivity contribution in [3.63, 3.8) is 0 Å². The highest BCUT2D eigenvalue weighted by Crippen LogP contribution is 2.38. The molecule has 4 rings (SSSR count). The first-order valence-corrected chi connectivity index (χ1v) is 14.2. The normalized spacial score (nSPS) is 16.0. The highest BCUT2D eigenvalue weighted by Gasteiger charge is 2.35. The predicted molar refractivity (Wildman–Crippen MR) is 138 cm³/mol. The second-order valence-corrected chi connectivity index (χ2v) is 12.0. The van der Waals surface area contributed by atoms with Crippen molar-refractivity contribution in [1.82, 2.24) is 9.21 Å². The Balaban J connectivity index is 1.64. The average molecular weight is 517 g/mol. The van der Waals surface area contributed by atoms with E-state index < -0.39 is 10.0 Å². The van der Waals surface area contributed by atoms with Crippen LogP contribution in [-0.2, 0) is 21.2 Å². The van der Waals surface area contributed by atoms with Crippen molar-refractivity contribution >= 4 is 38.9 Å². The molecule has 0 fully saturated rings. The molecule has 1 atom stereocenters. The predicted octanol–water partition coefficient (Wildman–Crippen LogP) is 5.68. The molecule has 34 heavy (non-hydrogen) atoms. The van der Waals surface area contributed by atoms with Crippen molar-refractivity contribution in [3.8, 4) is 0 Å². The molecule has 180 valence electrons. The summed E-state index contributed by atoms with van der Waals surface area (Å²) in [6, 6.07) is 16.2. The van der Waals surface area contributed by atoms with Crippen molar-refractivity contribution in [2.45, 2.75) is 44.0 Å². The monoisotopic (exact) mass is 516 g/mol. The molecule has 0 N–H and O–H groups in total. The summed E-state index contributed by atoms with van der Waals surface area (Å²) < 4.78 is 28.2. The van der Waals surface area contributed by atoms with Crippen LogP contribution in [-0.4, -0.2) is 43.2 Å². The van der Waals surface area contributed by atoms with Crippen molar-refractivity contribution in [2.24, 2.45) is 0 Å². The van der Waals surface area contributed by atoms with Crippen molar-refractivity contribution in [3.05, 3.63) is 86.6 Å². The number of rotatable bonds is 8. The van der Waals surface area contributed by atoms with Crippen molar-refractivity contribution in [2.75, 3.05) is 19.6 Å². The minimum absolute atomic E-state index is 0.148. The minimum atomic E-state index is -3.83. The number of hydrogen-bond acceptors (Lipinski definition) is 4. The molecule has 1 aromatic heterocycles. The number of sulfonamides is 1. The van der Waals surface area contributed by atoms with Crippen LogP contribution in [0.1, 0.15) is 47.4 Å². The number of halogens is 1. The molecular formula is C26H29ClN2O3S2. The molecule has 1 aliphatic rings. The summed E-state index contributed by atoms with van der Waals surface area (Å²) in [5.74, 6) is -0.184. The number of carbonyl (C=O) groups is 1. The fourth-order valence-electron chi connectivity index (χ4n) is 4.31. The summed E-state index contributed by atoms with van der Waals surface area (Å²) in [6.07, 6.45) is 2.28. The van der Waals surface area contributed by atoms with E-state index in [4.69, 9.17) is 11.6 Å². The van der Waals surface area contributed by atoms with Crippen LogP contribution >= 0.6 is 22.9 Å². The van der Waals surface area contributed by atoms with E-state index >= 15 is 0 Å². The number of unbranched alkanes of at least 4 members (excludes halogenated alkanes) is 1. The van der Waals surface area contributed by atoms with Gasteiger partial charge in [-0.3, -0.25) is 4.79 Å². The zero-order chi connectivity index (χ0) is 24.3. The number of fused-ring (bicyclic) bond motifs is 1. The van der Waals surface area contributed by atoms with Gasteiger partial charge in [0.15, 0.2) is 0 Å². The van der Waals surface area contributed by atoms with E-state index in [2.05, 4.69) is 35.7 Å². The molecule has 1 unspecified atom stereocenters. The Labute approximate surface area is 211 Å². The van der Waals surface area contributed by atoms with Crippen LogP contribution in [0.5, 0.6) is 0 Å². The molecule has 1 aliphatic heterocycles. The molecule has 5 nitrogen and oxygen atoms in total. The molecule has 0 bridgehead atoms. The third-order valence-electron chi connectivity index (χ3n) is 6.20. The van der Waals surface area contributed by atoms with E-state index in [1.807, 2.05) is 18.7 Å². The van der Waals surface area contributed by atoms with Gasteiger partial charge < -0.3 is 4.90 Å². The molecule has 0 spiro atoms. The Bertz CT molecular complexity index is 1240. The van der Waals surface area contributed by atoms with Crippen LogP contribution in [0.25, 0.3) is 0 Å². The van der Waals surface area contributed by atoms with Gasteiger partial charge in [-0.2, -0.15) is 4.31 Å². The maximum absolute atomic E-state index is 13.7. The fraction of sp³-hybridized carbons (Fsp3) is 0.346. The van der Waals surface area contributed by atoms with Gasteiger partial charge in [0.1, 0.15) is 0 Å². The summed E-state index contributed by atoms with van der Waals surface area (Å²) in [4.78, 5) is 17.0. The van der Waals surface area contributed by atoms with E-state index in [9.17, 15) is 13.2 Å². The maximum atomic E-state index is 13.7. The van der Waals surface area contributed by atoms with Gasteiger partial charge in [0, 0.05) is 23.0 Å². The second kappa shape index (κ2) is 10.6. The molecule has 0 saturated heterocycles. The Morgan fingerprint density at radius 3 is 2.50 bits per heavy atom. The number of nitrogens with zero attached hydrogens (tertiary/aromatic N) is 2. The topological polar surface area (TPSA) is 57.7 Å². The van der Waals surface area contributed by atoms with Gasteiger partial charge in [0.2, 0.25) is 15.9 Å². The first kappa shape index (κ1) is 24.9. The van der Waals surface area contributed by atoms with Crippen molar-refractivity contribution < 1.29 is 13.2 Å². The van der Waals surface area contributed by atoms with Crippen LogP contribution < -0.4 is 0 Å². The first-order chi connectivity index (χ1) is 16.3. The maximum Gasteiger partial charge on any atom is 0.243 e. The van der Waals surface area contributed by atoms with E-state index in [0.29, 0.717) is 24.5 Å². The lowest BCUT2D eigenvalue weighted by Crippen LogP contribution is -2.47. The Kier molecular flexibility index (Phi) is 7.77. The highest BCUT2D eigenvalue weighted by molar-refractivity contribution is 7.89. The zero-order valence-corrected chi connectivity index (χ0v) is 21.8. The third kappa shape index (κ3) is 5.23. The van der Waals surface area contributed by atoms with Gasteiger partial charge in [-0.25, -0.2) is 8.42 Å². The number of carbonyl (C=O) groups excluding carboxylic acids is 1. The van der Waals surface area contributed by atoms with Crippen molar-refractivity contribution in [1.29, 1.82) is 0 Å². The van der Waals surface area contributed by atoms with E-state index in [1.165, 1.54) is 21.3 Å². The number of hydrogen-bond donors (Lipinski definition) is 0. The van der Waals surface area contributed by atoms with Crippen LogP contribution in [0.2, 0.25) is 5.02 Å². The molecule has 1 amide bonds. The number of thiophene rings is 1. The summed E-state index contributed by atoms with van der Waals surface area (Å²) in [5.41, 5.74) is 3.33. The van der Waals surface area contributed by atoms with Crippen LogP contribution in [0, 0.1) is 6.92 Å². The molecule has 8 heteroatoms. The minimum Gasteiger partial charge on any atom is -0.330 e. The smallest absolute Gasteiger partial charge is 0.243 e. The van der Waals surface area contributed by atoms with Gasteiger partial charge in [0.05, 0.1) is 17.5 Å². The molecular weight excluding hydrogens is 488 g/mol. The molecule has 0 radical (unpaired) electrons. The first-order valence-electron chi connectivity index (χ1n) is 11.5. The summed E-state index contributed by atoms with van der Waals surface area (Å²) in [7, 11) is -3.83. The summed E-state index contributed by atoms with van der Waals surface area (Å²) >= 11 is 7.67. The van der Waals surface area contributed by atoms with E-state index in [1.54, 1.807) is 23.5 Å². The fourth-order valence-corrected chi connectivity index (χ4v) is 6.77. The Morgan fingerprint density at radius 1 is 1.12 bits per heavy atom. The lowest BCUT2D eigenvalue weighted by molar-refractivity contribution is -0.133. The standard InChI is InChI=1S/C26H29ClN2O3S2/c1-3-4-15-28(34(31,32)22-11-9-21(27)10-12-22)18-25(30)29-16-13-24-23(14-17-33-24)26(29)20-7-5-19(2)6-8-20/h5-12,14,17,26H,3-4,13,15-16,18H2,1-2H3. The quantitative estimate of drug-likeness (QED) is 0.387. The second-order valence-electron chi connectivity index (χ2n) is 8.60. The molecule has 0 aliphatic carbocycles. The van der Waals surface area contributed by atoms with Gasteiger partial charge in [-0.1, -0.05) is 54.8 Å². The largest absolute Gasteiger partial charge is 0.330 e. The van der Waals surface area contributed by atoms with Crippen LogP contribution in [0.15, 0.2) is 64.9 Å². The molecule has 2 aromatic carbocycles. The number of benzene rings is 2. The Morgan fingerprint density at radius 2 is 1.82 bits per heavy atom. The van der Waals surface area contributed by atoms with Crippen LogP contribution in [0.3, 0.4) is 0 Å². The highest BCUT2D eigenvalue weighted by atomic mass is 35.5. The SMILES string of the molecule is CCCCN(CC(=O)N1CCc2sccc2C1c1ccc(C)cc1)S(=O)(=O)c1ccc(Cl)cc1. The Hall–Kier alpha value is -2.19. The molecule has 3 aromatic rings. The van der Waals surface area contributed by atoms with Gasteiger partial charge in [-0.05, 0) is 66.6 Å².